The minimum absolute atomic E-state index is 0.414. The third kappa shape index (κ3) is 2.93. The number of nitrogens with one attached hydrogen (secondary N) is 1. The molecule has 0 bridgehead atoms. The Hall–Kier alpha value is -0.120. The summed E-state index contributed by atoms with van der Waals surface area (Å²) in [6, 6.07) is 0. The Bertz CT molecular complexity index is 157. The molecule has 1 aliphatic heterocycles. The molecule has 1 heterocycles. The van der Waals surface area contributed by atoms with Gasteiger partial charge in [-0.3, -0.25) is 4.90 Å². The van der Waals surface area contributed by atoms with Crippen molar-refractivity contribution in [3.63, 3.8) is 0 Å². The average Bonchev–Trinajstić information content (AvgIpc) is 2.90. The molecule has 1 aliphatic carbocycles. The second-order valence-electron chi connectivity index (χ2n) is 4.25. The largest absolute Gasteiger partial charge is 0.374 e. The summed E-state index contributed by atoms with van der Waals surface area (Å²) in [5.41, 5.74) is 0. The van der Waals surface area contributed by atoms with Gasteiger partial charge >= 0.3 is 0 Å². The molecule has 0 aromatic rings. The molecular weight excluding hydrogens is 164 g/mol. The predicted octanol–water partition coefficient (Wildman–Crippen LogP) is 0.317. The monoisotopic (exact) mass is 184 g/mol. The van der Waals surface area contributed by atoms with E-state index in [1.54, 1.807) is 0 Å². The van der Waals surface area contributed by atoms with E-state index in [9.17, 15) is 0 Å². The van der Waals surface area contributed by atoms with Crippen molar-refractivity contribution in [2.75, 3.05) is 39.8 Å². The van der Waals surface area contributed by atoms with Crippen LogP contribution in [0.25, 0.3) is 0 Å². The molecule has 1 unspecified atom stereocenters. The first-order valence-corrected chi connectivity index (χ1v) is 5.37. The van der Waals surface area contributed by atoms with E-state index in [1.165, 1.54) is 19.4 Å². The van der Waals surface area contributed by atoms with Crippen LogP contribution in [-0.4, -0.2) is 50.8 Å². The highest BCUT2D eigenvalue weighted by atomic mass is 16.5. The van der Waals surface area contributed by atoms with Crippen LogP contribution in [0.4, 0.5) is 0 Å². The van der Waals surface area contributed by atoms with Crippen molar-refractivity contribution in [3.8, 4) is 0 Å². The highest BCUT2D eigenvalue weighted by Crippen LogP contribution is 2.30. The van der Waals surface area contributed by atoms with Crippen LogP contribution in [0.1, 0.15) is 12.8 Å². The fraction of sp³-hybridized carbons (Fsp3) is 1.00. The van der Waals surface area contributed by atoms with Gasteiger partial charge in [0.15, 0.2) is 0 Å². The van der Waals surface area contributed by atoms with E-state index in [4.69, 9.17) is 4.74 Å². The number of rotatable bonds is 4. The van der Waals surface area contributed by atoms with E-state index >= 15 is 0 Å². The molecule has 0 aromatic carbocycles. The highest BCUT2D eigenvalue weighted by Gasteiger charge is 2.27. The fourth-order valence-electron chi connectivity index (χ4n) is 1.96. The van der Waals surface area contributed by atoms with Gasteiger partial charge in [0.1, 0.15) is 0 Å². The van der Waals surface area contributed by atoms with Gasteiger partial charge in [-0.1, -0.05) is 0 Å². The van der Waals surface area contributed by atoms with Crippen LogP contribution in [-0.2, 0) is 4.74 Å². The lowest BCUT2D eigenvalue weighted by Gasteiger charge is -2.32. The van der Waals surface area contributed by atoms with Gasteiger partial charge in [0, 0.05) is 26.2 Å². The van der Waals surface area contributed by atoms with Crippen LogP contribution in [0, 0.1) is 5.92 Å². The van der Waals surface area contributed by atoms with E-state index < -0.39 is 0 Å². The lowest BCUT2D eigenvalue weighted by Crippen LogP contribution is -2.46. The Morgan fingerprint density at radius 2 is 2.31 bits per heavy atom. The fourth-order valence-corrected chi connectivity index (χ4v) is 1.96. The zero-order valence-corrected chi connectivity index (χ0v) is 8.46. The smallest absolute Gasteiger partial charge is 0.0826 e. The van der Waals surface area contributed by atoms with Crippen molar-refractivity contribution in [3.05, 3.63) is 0 Å². The molecule has 2 rings (SSSR count). The molecule has 3 nitrogen and oxygen atoms in total. The molecule has 0 spiro atoms. The van der Waals surface area contributed by atoms with Crippen molar-refractivity contribution in [2.45, 2.75) is 18.9 Å². The molecule has 1 saturated carbocycles. The molecule has 1 N–H and O–H groups in total. The molecule has 0 radical (unpaired) electrons. The molecule has 1 atom stereocenters. The first kappa shape index (κ1) is 9.44. The molecular formula is C10H20N2O. The maximum Gasteiger partial charge on any atom is 0.0826 e. The van der Waals surface area contributed by atoms with E-state index in [2.05, 4.69) is 10.2 Å². The summed E-state index contributed by atoms with van der Waals surface area (Å²) in [6.45, 7) is 5.47. The third-order valence-electron chi connectivity index (χ3n) is 2.87. The first-order chi connectivity index (χ1) is 6.38. The van der Waals surface area contributed by atoms with Crippen LogP contribution in [0.5, 0.6) is 0 Å². The maximum atomic E-state index is 5.65. The van der Waals surface area contributed by atoms with Crippen molar-refractivity contribution in [1.82, 2.24) is 10.2 Å². The Morgan fingerprint density at radius 3 is 3.00 bits per heavy atom. The molecule has 1 saturated heterocycles. The van der Waals surface area contributed by atoms with Gasteiger partial charge in [0.05, 0.1) is 12.7 Å². The average molecular weight is 184 g/mol. The van der Waals surface area contributed by atoms with Gasteiger partial charge < -0.3 is 10.1 Å². The van der Waals surface area contributed by atoms with Crippen molar-refractivity contribution in [2.24, 2.45) is 5.92 Å². The summed E-state index contributed by atoms with van der Waals surface area (Å²) in [6.07, 6.45) is 3.32. The zero-order chi connectivity index (χ0) is 9.10. The van der Waals surface area contributed by atoms with Crippen molar-refractivity contribution in [1.29, 1.82) is 0 Å². The van der Waals surface area contributed by atoms with Crippen LogP contribution in [0.3, 0.4) is 0 Å². The normalized spacial score (nSPS) is 30.7. The molecule has 0 aromatic heterocycles. The Balaban J connectivity index is 1.70. The molecule has 2 aliphatic rings. The van der Waals surface area contributed by atoms with Gasteiger partial charge in [-0.2, -0.15) is 0 Å². The van der Waals surface area contributed by atoms with E-state index in [0.29, 0.717) is 6.10 Å². The number of ether oxygens (including phenoxy) is 1. The standard InChI is InChI=1S/C10H20N2O/c1-11-6-10-8-12(4-5-13-10)7-9-2-3-9/h9-11H,2-8H2,1H3. The second kappa shape index (κ2) is 4.40. The van der Waals surface area contributed by atoms with Gasteiger partial charge in [0.2, 0.25) is 0 Å². The summed E-state index contributed by atoms with van der Waals surface area (Å²) >= 11 is 0. The van der Waals surface area contributed by atoms with Gasteiger partial charge in [-0.15, -0.1) is 0 Å². The van der Waals surface area contributed by atoms with Gasteiger partial charge in [-0.25, -0.2) is 0 Å². The third-order valence-corrected chi connectivity index (χ3v) is 2.87. The van der Waals surface area contributed by atoms with Crippen LogP contribution < -0.4 is 5.32 Å². The molecule has 2 fully saturated rings. The number of morpholine rings is 1. The maximum absolute atomic E-state index is 5.65. The van der Waals surface area contributed by atoms with E-state index in [0.717, 1.165) is 32.2 Å². The molecule has 13 heavy (non-hydrogen) atoms. The van der Waals surface area contributed by atoms with E-state index in [-0.39, 0.29) is 0 Å². The number of hydrogen-bond donors (Lipinski definition) is 1. The quantitative estimate of drug-likeness (QED) is 0.681. The molecule has 76 valence electrons. The van der Waals surface area contributed by atoms with Crippen molar-refractivity contribution >= 4 is 0 Å². The lowest BCUT2D eigenvalue weighted by molar-refractivity contribution is -0.0275. The predicted molar refractivity (Wildman–Crippen MR) is 52.8 cm³/mol. The Morgan fingerprint density at radius 1 is 1.46 bits per heavy atom. The van der Waals surface area contributed by atoms with Gasteiger partial charge in [-0.05, 0) is 25.8 Å². The summed E-state index contributed by atoms with van der Waals surface area (Å²) in [5.74, 6) is 1.01. The van der Waals surface area contributed by atoms with Crippen molar-refractivity contribution < 1.29 is 4.74 Å². The molecule has 3 heteroatoms. The number of likely N-dealkylation sites (N-methyl/N-ethyl adjacent to an activating group) is 1. The van der Waals surface area contributed by atoms with Crippen LogP contribution >= 0.6 is 0 Å². The minimum atomic E-state index is 0.414. The summed E-state index contributed by atoms with van der Waals surface area (Å²) < 4.78 is 5.65. The molecule has 0 amide bonds. The zero-order valence-electron chi connectivity index (χ0n) is 8.46. The number of hydrogen-bond acceptors (Lipinski definition) is 3. The van der Waals surface area contributed by atoms with Gasteiger partial charge in [0.25, 0.3) is 0 Å². The number of nitrogens with zero attached hydrogens (tertiary/aromatic N) is 1. The summed E-state index contributed by atoms with van der Waals surface area (Å²) in [4.78, 5) is 2.56. The Labute approximate surface area is 80.4 Å². The van der Waals surface area contributed by atoms with E-state index in [1.807, 2.05) is 7.05 Å². The highest BCUT2D eigenvalue weighted by molar-refractivity contribution is 4.80. The van der Waals surface area contributed by atoms with Crippen LogP contribution in [0.2, 0.25) is 0 Å². The second-order valence-corrected chi connectivity index (χ2v) is 4.25. The summed E-state index contributed by atoms with van der Waals surface area (Å²) in [5, 5.41) is 3.18. The summed E-state index contributed by atoms with van der Waals surface area (Å²) in [7, 11) is 1.99. The minimum Gasteiger partial charge on any atom is -0.374 e. The Kier molecular flexibility index (Phi) is 3.19. The SMILES string of the molecule is CNCC1CN(CC2CC2)CCO1. The lowest BCUT2D eigenvalue weighted by atomic mass is 10.2. The topological polar surface area (TPSA) is 24.5 Å². The van der Waals surface area contributed by atoms with Crippen LogP contribution in [0.15, 0.2) is 0 Å². The first-order valence-electron chi connectivity index (χ1n) is 5.37.